The molecule has 51 heavy (non-hydrogen) atoms. The van der Waals surface area contributed by atoms with E-state index in [-0.39, 0.29) is 0 Å². The molecule has 0 spiro atoms. The normalized spacial score (nSPS) is 11.5. The fraction of sp³-hybridized carbons (Fsp3) is 0. The van der Waals surface area contributed by atoms with Gasteiger partial charge in [-0.25, -0.2) is 4.98 Å². The van der Waals surface area contributed by atoms with E-state index >= 15 is 0 Å². The van der Waals surface area contributed by atoms with Crippen molar-refractivity contribution in [1.29, 1.82) is 0 Å². The third-order valence-corrected chi connectivity index (χ3v) is 10.2. The Morgan fingerprint density at radius 1 is 0.353 bits per heavy atom. The van der Waals surface area contributed by atoms with Crippen LogP contribution in [0.3, 0.4) is 0 Å². The summed E-state index contributed by atoms with van der Waals surface area (Å²) in [6, 6.07) is 69.7. The molecule has 9 aromatic carbocycles. The van der Waals surface area contributed by atoms with Gasteiger partial charge < -0.3 is 0 Å². The third-order valence-electron chi connectivity index (χ3n) is 10.2. The molecule has 0 saturated heterocycles. The molecule has 238 valence electrons. The fourth-order valence-electron chi connectivity index (χ4n) is 7.98. The van der Waals surface area contributed by atoms with Crippen LogP contribution in [0, 0.1) is 0 Å². The van der Waals surface area contributed by atoms with Crippen LogP contribution in [0.5, 0.6) is 0 Å². The van der Waals surface area contributed by atoms with Gasteiger partial charge in [-0.3, -0.25) is 4.57 Å². The Bertz CT molecular complexity index is 2840. The molecule has 0 aliphatic heterocycles. The molecule has 10 aromatic rings. The Morgan fingerprint density at radius 3 is 1.59 bits per heavy atom. The second-order valence-electron chi connectivity index (χ2n) is 13.1. The molecule has 0 N–H and O–H groups in total. The molecule has 0 atom stereocenters. The van der Waals surface area contributed by atoms with Crippen LogP contribution in [0.2, 0.25) is 0 Å². The third kappa shape index (κ3) is 4.76. The van der Waals surface area contributed by atoms with Gasteiger partial charge in [-0.15, -0.1) is 0 Å². The van der Waals surface area contributed by atoms with Gasteiger partial charge in [0.2, 0.25) is 0 Å². The number of rotatable bonds is 5. The van der Waals surface area contributed by atoms with E-state index in [0.717, 1.165) is 39.2 Å². The minimum absolute atomic E-state index is 0.925. The molecule has 0 unspecified atom stereocenters. The lowest BCUT2D eigenvalue weighted by Gasteiger charge is -2.19. The average molecular weight is 649 g/mol. The smallest absolute Gasteiger partial charge is 0.146 e. The molecule has 0 aliphatic rings. The van der Waals surface area contributed by atoms with Crippen LogP contribution in [0.4, 0.5) is 0 Å². The van der Waals surface area contributed by atoms with Crippen molar-refractivity contribution in [2.45, 2.75) is 0 Å². The highest BCUT2D eigenvalue weighted by Crippen LogP contribution is 2.46. The molecule has 0 amide bonds. The number of nitrogens with zero attached hydrogens (tertiary/aromatic N) is 2. The fourth-order valence-corrected chi connectivity index (χ4v) is 7.98. The van der Waals surface area contributed by atoms with Crippen molar-refractivity contribution in [1.82, 2.24) is 9.55 Å². The predicted molar refractivity (Wildman–Crippen MR) is 215 cm³/mol. The van der Waals surface area contributed by atoms with Gasteiger partial charge in [-0.2, -0.15) is 0 Å². The molecule has 10 rings (SSSR count). The quantitative estimate of drug-likeness (QED) is 0.170. The second kappa shape index (κ2) is 12.0. The van der Waals surface area contributed by atoms with Gasteiger partial charge in [0.15, 0.2) is 0 Å². The lowest BCUT2D eigenvalue weighted by molar-refractivity contribution is 1.10. The van der Waals surface area contributed by atoms with Crippen LogP contribution >= 0.6 is 0 Å². The number of benzene rings is 9. The summed E-state index contributed by atoms with van der Waals surface area (Å²) < 4.78 is 2.31. The van der Waals surface area contributed by atoms with E-state index in [2.05, 4.69) is 199 Å². The first kappa shape index (κ1) is 29.2. The molecule has 1 heterocycles. The first-order valence-electron chi connectivity index (χ1n) is 17.5. The Kier molecular flexibility index (Phi) is 6.85. The van der Waals surface area contributed by atoms with Gasteiger partial charge in [0.05, 0.1) is 11.0 Å². The number of hydrogen-bond donors (Lipinski definition) is 0. The van der Waals surface area contributed by atoms with Crippen molar-refractivity contribution in [3.05, 3.63) is 194 Å². The van der Waals surface area contributed by atoms with Crippen LogP contribution in [0.15, 0.2) is 194 Å². The summed E-state index contributed by atoms with van der Waals surface area (Å²) in [5, 5.41) is 7.46. The zero-order valence-corrected chi connectivity index (χ0v) is 27.9. The number of para-hydroxylation sites is 1. The summed E-state index contributed by atoms with van der Waals surface area (Å²) in [7, 11) is 0. The number of fused-ring (bicyclic) bond motifs is 4. The standard InChI is InChI=1S/C49H32N2/c1-3-16-33(17-4-1)38-23-9-14-28-44(38)49-50-45-32-35(30-31-46(45)51(49)36-20-5-2-6-21-36)47-40-24-10-12-26-42(40)48(43-27-13-11-25-41(43)47)39-29-15-19-34-18-7-8-22-37(34)39/h1-32H. The zero-order valence-electron chi connectivity index (χ0n) is 27.9. The number of imidazole rings is 1. The van der Waals surface area contributed by atoms with Crippen LogP contribution in [-0.4, -0.2) is 9.55 Å². The highest BCUT2D eigenvalue weighted by Gasteiger charge is 2.21. The van der Waals surface area contributed by atoms with Gasteiger partial charge in [0.25, 0.3) is 0 Å². The summed E-state index contributed by atoms with van der Waals surface area (Å²) in [6.07, 6.45) is 0. The van der Waals surface area contributed by atoms with E-state index in [0.29, 0.717) is 0 Å². The van der Waals surface area contributed by atoms with E-state index in [9.17, 15) is 0 Å². The van der Waals surface area contributed by atoms with E-state index in [1.165, 1.54) is 54.6 Å². The predicted octanol–water partition coefficient (Wildman–Crippen LogP) is 13.2. The Labute approximate surface area is 296 Å². The highest BCUT2D eigenvalue weighted by molar-refractivity contribution is 6.23. The maximum absolute atomic E-state index is 5.45. The van der Waals surface area contributed by atoms with Crippen LogP contribution in [-0.2, 0) is 0 Å². The van der Waals surface area contributed by atoms with Crippen molar-refractivity contribution in [3.63, 3.8) is 0 Å². The lowest BCUT2D eigenvalue weighted by atomic mass is 9.84. The molecule has 0 bridgehead atoms. The average Bonchev–Trinajstić information content (AvgIpc) is 3.59. The van der Waals surface area contributed by atoms with Gasteiger partial charge in [0.1, 0.15) is 5.82 Å². The van der Waals surface area contributed by atoms with Crippen molar-refractivity contribution in [2.75, 3.05) is 0 Å². The summed E-state index contributed by atoms with van der Waals surface area (Å²) in [5.74, 6) is 0.925. The summed E-state index contributed by atoms with van der Waals surface area (Å²) >= 11 is 0. The van der Waals surface area contributed by atoms with Crippen molar-refractivity contribution >= 4 is 43.4 Å². The Hall–Kier alpha value is -6.77. The van der Waals surface area contributed by atoms with Crippen LogP contribution in [0.25, 0.3) is 93.8 Å². The Balaban J connectivity index is 1.25. The first-order valence-corrected chi connectivity index (χ1v) is 17.5. The van der Waals surface area contributed by atoms with E-state index in [4.69, 9.17) is 4.98 Å². The maximum Gasteiger partial charge on any atom is 0.146 e. The molecule has 0 fully saturated rings. The summed E-state index contributed by atoms with van der Waals surface area (Å²) in [6.45, 7) is 0. The van der Waals surface area contributed by atoms with E-state index in [1.54, 1.807) is 0 Å². The molecule has 1 aromatic heterocycles. The van der Waals surface area contributed by atoms with E-state index in [1.807, 2.05) is 0 Å². The van der Waals surface area contributed by atoms with Crippen molar-refractivity contribution in [3.8, 4) is 50.5 Å². The molecule has 0 aliphatic carbocycles. The largest absolute Gasteiger partial charge is 0.292 e. The molecule has 0 saturated carbocycles. The molecule has 2 nitrogen and oxygen atoms in total. The number of hydrogen-bond acceptors (Lipinski definition) is 1. The minimum Gasteiger partial charge on any atom is -0.292 e. The molecular weight excluding hydrogens is 617 g/mol. The second-order valence-corrected chi connectivity index (χ2v) is 13.1. The van der Waals surface area contributed by atoms with Gasteiger partial charge in [0, 0.05) is 11.3 Å². The topological polar surface area (TPSA) is 17.8 Å². The van der Waals surface area contributed by atoms with E-state index < -0.39 is 0 Å². The maximum atomic E-state index is 5.45. The SMILES string of the molecule is c1ccc(-c2ccccc2-c2nc3cc(-c4c5ccccc5c(-c5cccc6ccccc56)c5ccccc45)ccc3n2-c2ccccc2)cc1. The zero-order chi connectivity index (χ0) is 33.7. The monoisotopic (exact) mass is 648 g/mol. The Morgan fingerprint density at radius 2 is 0.882 bits per heavy atom. The van der Waals surface area contributed by atoms with Crippen molar-refractivity contribution < 1.29 is 0 Å². The van der Waals surface area contributed by atoms with Crippen molar-refractivity contribution in [2.24, 2.45) is 0 Å². The van der Waals surface area contributed by atoms with Crippen LogP contribution in [0.1, 0.15) is 0 Å². The van der Waals surface area contributed by atoms with Gasteiger partial charge in [-0.05, 0) is 90.0 Å². The lowest BCUT2D eigenvalue weighted by Crippen LogP contribution is -1.98. The van der Waals surface area contributed by atoms with Crippen LogP contribution < -0.4 is 0 Å². The highest BCUT2D eigenvalue weighted by atomic mass is 15.1. The minimum atomic E-state index is 0.925. The summed E-state index contributed by atoms with van der Waals surface area (Å²) in [4.78, 5) is 5.45. The van der Waals surface area contributed by atoms with Gasteiger partial charge in [-0.1, -0.05) is 170 Å². The molecular formula is C49H32N2. The first-order chi connectivity index (χ1) is 25.3. The number of aromatic nitrogens is 2. The molecule has 0 radical (unpaired) electrons. The molecule has 2 heteroatoms. The van der Waals surface area contributed by atoms with Gasteiger partial charge >= 0.3 is 0 Å². The summed E-state index contributed by atoms with van der Waals surface area (Å²) in [5.41, 5.74) is 11.5.